The number of hydrogen-bond acceptors (Lipinski definition) is 5. The molecule has 0 saturated carbocycles. The molecule has 0 aliphatic rings. The second-order valence-corrected chi connectivity index (χ2v) is 5.70. The second-order valence-electron chi connectivity index (χ2n) is 5.70. The van der Waals surface area contributed by atoms with Crippen LogP contribution >= 0.6 is 0 Å². The molecule has 2 aromatic rings. The number of hydrogen-bond donors (Lipinski definition) is 2. The number of ether oxygens (including phenoxy) is 3. The largest absolute Gasteiger partial charge is 0.497 e. The van der Waals surface area contributed by atoms with Crippen molar-refractivity contribution in [3.8, 4) is 17.2 Å². The molecule has 1 amide bonds. The lowest BCUT2D eigenvalue weighted by molar-refractivity contribution is -0.114. The molecule has 2 N–H and O–H groups in total. The summed E-state index contributed by atoms with van der Waals surface area (Å²) in [7, 11) is 3.17. The highest BCUT2D eigenvalue weighted by Gasteiger charge is 2.08. The third kappa shape index (κ3) is 5.88. The second kappa shape index (κ2) is 10.2. The van der Waals surface area contributed by atoms with Crippen molar-refractivity contribution in [1.29, 1.82) is 0 Å². The molecule has 0 heterocycles. The van der Waals surface area contributed by atoms with Crippen LogP contribution in [0.15, 0.2) is 42.5 Å². The van der Waals surface area contributed by atoms with E-state index in [1.165, 1.54) is 0 Å². The fraction of sp³-hybridized carbons (Fsp3) is 0.350. The first-order chi connectivity index (χ1) is 12.7. The Morgan fingerprint density at radius 3 is 2.62 bits per heavy atom. The van der Waals surface area contributed by atoms with E-state index in [1.54, 1.807) is 32.4 Å². The van der Waals surface area contributed by atoms with Crippen molar-refractivity contribution in [3.05, 3.63) is 42.5 Å². The maximum absolute atomic E-state index is 12.2. The number of rotatable bonds is 10. The molecule has 0 aromatic heterocycles. The Labute approximate surface area is 154 Å². The van der Waals surface area contributed by atoms with Gasteiger partial charge in [-0.3, -0.25) is 4.79 Å². The van der Waals surface area contributed by atoms with Gasteiger partial charge in [0.15, 0.2) is 0 Å². The summed E-state index contributed by atoms with van der Waals surface area (Å²) in [6.45, 7) is 2.89. The van der Waals surface area contributed by atoms with Crippen LogP contribution in [-0.4, -0.2) is 33.3 Å². The molecule has 2 rings (SSSR count). The molecule has 0 aliphatic carbocycles. The molecule has 6 nitrogen and oxygen atoms in total. The molecule has 0 unspecified atom stereocenters. The van der Waals surface area contributed by atoms with E-state index in [9.17, 15) is 4.79 Å². The number of carbonyl (C=O) groups excluding carboxylic acids is 1. The molecule has 6 heteroatoms. The summed E-state index contributed by atoms with van der Waals surface area (Å²) in [5, 5.41) is 5.92. The van der Waals surface area contributed by atoms with Gasteiger partial charge in [0.1, 0.15) is 17.2 Å². The summed E-state index contributed by atoms with van der Waals surface area (Å²) in [6, 6.07) is 12.8. The number of anilines is 2. The lowest BCUT2D eigenvalue weighted by Gasteiger charge is -2.13. The first-order valence-corrected chi connectivity index (χ1v) is 8.65. The normalized spacial score (nSPS) is 10.1. The van der Waals surface area contributed by atoms with Gasteiger partial charge < -0.3 is 24.8 Å². The Bertz CT molecular complexity index is 719. The number of unbranched alkanes of at least 4 members (excludes halogenated alkanes) is 1. The maximum atomic E-state index is 12.2. The average molecular weight is 358 g/mol. The van der Waals surface area contributed by atoms with E-state index in [1.807, 2.05) is 24.3 Å². The molecule has 0 radical (unpaired) electrons. The van der Waals surface area contributed by atoms with Gasteiger partial charge in [-0.25, -0.2) is 0 Å². The van der Waals surface area contributed by atoms with Gasteiger partial charge in [-0.2, -0.15) is 0 Å². The molecule has 0 atom stereocenters. The summed E-state index contributed by atoms with van der Waals surface area (Å²) < 4.78 is 16.1. The number of benzene rings is 2. The topological polar surface area (TPSA) is 68.8 Å². The Balaban J connectivity index is 1.92. The first-order valence-electron chi connectivity index (χ1n) is 8.65. The minimum atomic E-state index is -0.166. The molecule has 0 bridgehead atoms. The van der Waals surface area contributed by atoms with Crippen molar-refractivity contribution in [2.75, 3.05) is 38.0 Å². The van der Waals surface area contributed by atoms with Gasteiger partial charge in [0.2, 0.25) is 5.91 Å². The van der Waals surface area contributed by atoms with Gasteiger partial charge in [-0.15, -0.1) is 0 Å². The minimum absolute atomic E-state index is 0.102. The van der Waals surface area contributed by atoms with Crippen LogP contribution in [0.3, 0.4) is 0 Å². The molecular formula is C20H26N2O4. The molecule has 140 valence electrons. The number of nitrogens with one attached hydrogen (secondary N) is 2. The number of methoxy groups -OCH3 is 2. The summed E-state index contributed by atoms with van der Waals surface area (Å²) in [6.07, 6.45) is 2.08. The monoisotopic (exact) mass is 358 g/mol. The molecule has 0 saturated heterocycles. The Hall–Kier alpha value is -2.89. The molecular weight excluding hydrogens is 332 g/mol. The molecule has 2 aromatic carbocycles. The zero-order valence-corrected chi connectivity index (χ0v) is 15.5. The SMILES string of the molecule is CCCCOc1cccc(NC(=O)CNc2cc(OC)ccc2OC)c1. The van der Waals surface area contributed by atoms with Crippen molar-refractivity contribution in [2.24, 2.45) is 0 Å². The number of carbonyl (C=O) groups is 1. The average Bonchev–Trinajstić information content (AvgIpc) is 2.66. The Morgan fingerprint density at radius 2 is 1.88 bits per heavy atom. The summed E-state index contributed by atoms with van der Waals surface area (Å²) >= 11 is 0. The quantitative estimate of drug-likeness (QED) is 0.630. The van der Waals surface area contributed by atoms with E-state index in [0.717, 1.165) is 18.6 Å². The van der Waals surface area contributed by atoms with E-state index < -0.39 is 0 Å². The summed E-state index contributed by atoms with van der Waals surface area (Å²) in [5.74, 6) is 1.91. The van der Waals surface area contributed by atoms with Crippen LogP contribution in [0.4, 0.5) is 11.4 Å². The third-order valence-electron chi connectivity index (χ3n) is 3.73. The highest BCUT2D eigenvalue weighted by Crippen LogP contribution is 2.28. The van der Waals surface area contributed by atoms with E-state index in [-0.39, 0.29) is 12.5 Å². The van der Waals surface area contributed by atoms with Crippen LogP contribution in [0.5, 0.6) is 17.2 Å². The Kier molecular flexibility index (Phi) is 7.61. The number of amides is 1. The molecule has 0 fully saturated rings. The fourth-order valence-corrected chi connectivity index (χ4v) is 2.33. The van der Waals surface area contributed by atoms with E-state index in [4.69, 9.17) is 14.2 Å². The van der Waals surface area contributed by atoms with Crippen molar-refractivity contribution in [1.82, 2.24) is 0 Å². The summed E-state index contributed by atoms with van der Waals surface area (Å²) in [5.41, 5.74) is 1.39. The fourth-order valence-electron chi connectivity index (χ4n) is 2.33. The lowest BCUT2D eigenvalue weighted by Crippen LogP contribution is -2.22. The zero-order valence-electron chi connectivity index (χ0n) is 15.5. The van der Waals surface area contributed by atoms with Crippen molar-refractivity contribution < 1.29 is 19.0 Å². The van der Waals surface area contributed by atoms with E-state index in [2.05, 4.69) is 17.6 Å². The van der Waals surface area contributed by atoms with Gasteiger partial charge in [0.25, 0.3) is 0 Å². The van der Waals surface area contributed by atoms with E-state index >= 15 is 0 Å². The van der Waals surface area contributed by atoms with Crippen molar-refractivity contribution >= 4 is 17.3 Å². The van der Waals surface area contributed by atoms with Gasteiger partial charge >= 0.3 is 0 Å². The first kappa shape index (κ1) is 19.4. The summed E-state index contributed by atoms with van der Waals surface area (Å²) in [4.78, 5) is 12.2. The van der Waals surface area contributed by atoms with Crippen molar-refractivity contribution in [3.63, 3.8) is 0 Å². The lowest BCUT2D eigenvalue weighted by atomic mass is 10.2. The van der Waals surface area contributed by atoms with Crippen LogP contribution in [-0.2, 0) is 4.79 Å². The highest BCUT2D eigenvalue weighted by atomic mass is 16.5. The van der Waals surface area contributed by atoms with Crippen LogP contribution in [0.2, 0.25) is 0 Å². The van der Waals surface area contributed by atoms with Gasteiger partial charge in [0.05, 0.1) is 33.1 Å². The van der Waals surface area contributed by atoms with Gasteiger partial charge in [-0.1, -0.05) is 19.4 Å². The van der Waals surface area contributed by atoms with E-state index in [0.29, 0.717) is 29.5 Å². The highest BCUT2D eigenvalue weighted by molar-refractivity contribution is 5.94. The predicted octanol–water partition coefficient (Wildman–Crippen LogP) is 3.93. The van der Waals surface area contributed by atoms with Gasteiger partial charge in [0, 0.05) is 17.8 Å². The third-order valence-corrected chi connectivity index (χ3v) is 3.73. The smallest absolute Gasteiger partial charge is 0.243 e. The van der Waals surface area contributed by atoms with Crippen LogP contribution in [0.1, 0.15) is 19.8 Å². The van der Waals surface area contributed by atoms with Crippen LogP contribution < -0.4 is 24.8 Å². The van der Waals surface area contributed by atoms with Crippen LogP contribution in [0.25, 0.3) is 0 Å². The van der Waals surface area contributed by atoms with Crippen LogP contribution in [0, 0.1) is 0 Å². The van der Waals surface area contributed by atoms with Gasteiger partial charge in [-0.05, 0) is 30.7 Å². The molecule has 0 aliphatic heterocycles. The predicted molar refractivity (Wildman–Crippen MR) is 104 cm³/mol. The standard InChI is InChI=1S/C20H26N2O4/c1-4-5-11-26-17-8-6-7-15(12-17)22-20(23)14-21-18-13-16(24-2)9-10-19(18)25-3/h6-10,12-13,21H,4-5,11,14H2,1-3H3,(H,22,23). The zero-order chi connectivity index (χ0) is 18.8. The molecule has 0 spiro atoms. The van der Waals surface area contributed by atoms with Crippen molar-refractivity contribution in [2.45, 2.75) is 19.8 Å². The minimum Gasteiger partial charge on any atom is -0.497 e. The maximum Gasteiger partial charge on any atom is 0.243 e. The Morgan fingerprint density at radius 1 is 1.04 bits per heavy atom. The molecule has 26 heavy (non-hydrogen) atoms.